The van der Waals surface area contributed by atoms with E-state index in [1.54, 1.807) is 6.92 Å². The lowest BCUT2D eigenvalue weighted by Gasteiger charge is -2.31. The third kappa shape index (κ3) is 2.82. The van der Waals surface area contributed by atoms with Crippen LogP contribution < -0.4 is 0 Å². The molecule has 0 spiro atoms. The molecule has 106 valence electrons. The van der Waals surface area contributed by atoms with Crippen molar-refractivity contribution in [2.45, 2.75) is 31.1 Å². The van der Waals surface area contributed by atoms with Gasteiger partial charge in [-0.25, -0.2) is 13.2 Å². The van der Waals surface area contributed by atoms with Crippen LogP contribution in [-0.2, 0) is 10.0 Å². The molecule has 0 unspecified atom stereocenters. The lowest BCUT2D eigenvalue weighted by molar-refractivity contribution is 0.0698. The molecule has 1 N–H and O–H groups in total. The molecular formula is C12H17NO4S2. The van der Waals surface area contributed by atoms with E-state index < -0.39 is 16.0 Å². The molecule has 1 fully saturated rings. The molecule has 1 aliphatic rings. The van der Waals surface area contributed by atoms with Crippen LogP contribution in [0.2, 0.25) is 0 Å². The zero-order chi connectivity index (χ0) is 14.0. The summed E-state index contributed by atoms with van der Waals surface area (Å²) in [5.41, 5.74) is 0. The number of hydrogen-bond acceptors (Lipinski definition) is 4. The Kier molecular flexibility index (Phi) is 4.27. The summed E-state index contributed by atoms with van der Waals surface area (Å²) < 4.78 is 26.4. The van der Waals surface area contributed by atoms with Crippen molar-refractivity contribution in [3.05, 3.63) is 16.3 Å². The Balaban J connectivity index is 2.28. The molecule has 1 aromatic rings. The van der Waals surface area contributed by atoms with E-state index in [4.69, 9.17) is 5.11 Å². The van der Waals surface area contributed by atoms with Crippen molar-refractivity contribution in [1.82, 2.24) is 4.31 Å². The molecule has 7 heteroatoms. The van der Waals surface area contributed by atoms with E-state index in [0.29, 0.717) is 19.0 Å². The van der Waals surface area contributed by atoms with Gasteiger partial charge in [-0.15, -0.1) is 11.3 Å². The summed E-state index contributed by atoms with van der Waals surface area (Å²) in [5, 5.41) is 10.5. The Morgan fingerprint density at radius 1 is 1.53 bits per heavy atom. The molecule has 0 saturated heterocycles. The molecule has 5 nitrogen and oxygen atoms in total. The average Bonchev–Trinajstić information content (AvgIpc) is 2.76. The molecule has 2 rings (SSSR count). The number of carboxylic acids is 1. The van der Waals surface area contributed by atoms with Gasteiger partial charge in [-0.3, -0.25) is 0 Å². The van der Waals surface area contributed by atoms with Gasteiger partial charge in [-0.05, 0) is 30.2 Å². The van der Waals surface area contributed by atoms with Gasteiger partial charge >= 0.3 is 5.97 Å². The number of aromatic carboxylic acids is 1. The van der Waals surface area contributed by atoms with Crippen LogP contribution in [0, 0.1) is 5.92 Å². The molecule has 0 radical (unpaired) electrons. The first-order valence-electron chi connectivity index (χ1n) is 6.27. The molecular weight excluding hydrogens is 286 g/mol. The average molecular weight is 303 g/mol. The van der Waals surface area contributed by atoms with Crippen LogP contribution in [0.25, 0.3) is 0 Å². The highest BCUT2D eigenvalue weighted by atomic mass is 32.2. The van der Waals surface area contributed by atoms with Gasteiger partial charge < -0.3 is 5.11 Å². The fourth-order valence-corrected chi connectivity index (χ4v) is 4.91. The summed E-state index contributed by atoms with van der Waals surface area (Å²) in [6.07, 6.45) is 3.27. The van der Waals surface area contributed by atoms with Crippen LogP contribution in [0.3, 0.4) is 0 Å². The Bertz CT molecular complexity index is 560. The largest absolute Gasteiger partial charge is 0.477 e. The van der Waals surface area contributed by atoms with Gasteiger partial charge in [0.25, 0.3) is 0 Å². The van der Waals surface area contributed by atoms with E-state index in [9.17, 15) is 13.2 Å². The third-order valence-corrected chi connectivity index (χ3v) is 6.50. The van der Waals surface area contributed by atoms with Crippen molar-refractivity contribution in [2.24, 2.45) is 5.92 Å². The minimum atomic E-state index is -3.69. The van der Waals surface area contributed by atoms with E-state index in [1.165, 1.54) is 15.8 Å². The number of sulfonamides is 1. The highest BCUT2D eigenvalue weighted by molar-refractivity contribution is 7.89. The predicted molar refractivity (Wildman–Crippen MR) is 73.1 cm³/mol. The molecule has 1 aliphatic carbocycles. The second-order valence-electron chi connectivity index (χ2n) is 4.67. The van der Waals surface area contributed by atoms with Crippen molar-refractivity contribution in [3.8, 4) is 0 Å². The molecule has 1 aromatic heterocycles. The smallest absolute Gasteiger partial charge is 0.347 e. The maximum atomic E-state index is 12.5. The monoisotopic (exact) mass is 303 g/mol. The standard InChI is InChI=1S/C12H17NO4S2/c1-2-13(8-9-4-3-5-9)19(16,17)10-6-7-18-11(10)12(14)15/h6-7,9H,2-5,8H2,1H3,(H,14,15). The van der Waals surface area contributed by atoms with E-state index in [2.05, 4.69) is 0 Å². The first kappa shape index (κ1) is 14.5. The van der Waals surface area contributed by atoms with Crippen LogP contribution in [0.5, 0.6) is 0 Å². The Morgan fingerprint density at radius 2 is 2.21 bits per heavy atom. The van der Waals surface area contributed by atoms with Crippen molar-refractivity contribution in [1.29, 1.82) is 0 Å². The SMILES string of the molecule is CCN(CC1CCC1)S(=O)(=O)c1ccsc1C(=O)O. The van der Waals surface area contributed by atoms with E-state index >= 15 is 0 Å². The number of carbonyl (C=O) groups is 1. The quantitative estimate of drug-likeness (QED) is 0.874. The summed E-state index contributed by atoms with van der Waals surface area (Å²) in [6.45, 7) is 2.64. The molecule has 0 aliphatic heterocycles. The first-order valence-corrected chi connectivity index (χ1v) is 8.59. The topological polar surface area (TPSA) is 74.7 Å². The second kappa shape index (κ2) is 5.60. The number of carboxylic acid groups (broad SMARTS) is 1. The number of thiophene rings is 1. The number of hydrogen-bond donors (Lipinski definition) is 1. The summed E-state index contributed by atoms with van der Waals surface area (Å²) in [4.78, 5) is 10.9. The molecule has 0 bridgehead atoms. The lowest BCUT2D eigenvalue weighted by Crippen LogP contribution is -2.37. The van der Waals surface area contributed by atoms with Gasteiger partial charge in [0.15, 0.2) is 0 Å². The van der Waals surface area contributed by atoms with Gasteiger partial charge in [0.1, 0.15) is 9.77 Å². The van der Waals surface area contributed by atoms with Crippen molar-refractivity contribution in [3.63, 3.8) is 0 Å². The minimum absolute atomic E-state index is 0.0776. The number of nitrogens with zero attached hydrogens (tertiary/aromatic N) is 1. The van der Waals surface area contributed by atoms with Crippen molar-refractivity contribution >= 4 is 27.3 Å². The van der Waals surface area contributed by atoms with Crippen LogP contribution in [0.15, 0.2) is 16.3 Å². The molecule has 0 atom stereocenters. The summed E-state index contributed by atoms with van der Waals surface area (Å²) in [7, 11) is -3.69. The number of rotatable bonds is 6. The fourth-order valence-electron chi connectivity index (χ4n) is 2.16. The van der Waals surface area contributed by atoms with Gasteiger partial charge in [-0.2, -0.15) is 4.31 Å². The van der Waals surface area contributed by atoms with Crippen LogP contribution >= 0.6 is 11.3 Å². The Hall–Kier alpha value is -0.920. The van der Waals surface area contributed by atoms with E-state index in [-0.39, 0.29) is 9.77 Å². The molecule has 0 amide bonds. The van der Waals surface area contributed by atoms with Gasteiger partial charge in [0, 0.05) is 13.1 Å². The fraction of sp³-hybridized carbons (Fsp3) is 0.583. The van der Waals surface area contributed by atoms with Crippen LogP contribution in [0.4, 0.5) is 0 Å². The van der Waals surface area contributed by atoms with Crippen LogP contribution in [0.1, 0.15) is 35.9 Å². The second-order valence-corrected chi connectivity index (χ2v) is 7.49. The Morgan fingerprint density at radius 3 is 2.68 bits per heavy atom. The highest BCUT2D eigenvalue weighted by Crippen LogP contribution is 2.30. The predicted octanol–water partition coefficient (Wildman–Crippen LogP) is 2.26. The maximum absolute atomic E-state index is 12.5. The maximum Gasteiger partial charge on any atom is 0.347 e. The molecule has 19 heavy (non-hydrogen) atoms. The van der Waals surface area contributed by atoms with E-state index in [1.807, 2.05) is 0 Å². The first-order chi connectivity index (χ1) is 8.96. The highest BCUT2D eigenvalue weighted by Gasteiger charge is 2.32. The molecule has 1 heterocycles. The minimum Gasteiger partial charge on any atom is -0.477 e. The van der Waals surface area contributed by atoms with Crippen LogP contribution in [-0.4, -0.2) is 36.9 Å². The van der Waals surface area contributed by atoms with Gasteiger partial charge in [0.2, 0.25) is 10.0 Å². The van der Waals surface area contributed by atoms with Gasteiger partial charge in [-0.1, -0.05) is 13.3 Å². The van der Waals surface area contributed by atoms with Crippen molar-refractivity contribution < 1.29 is 18.3 Å². The Labute approximate surface area is 116 Å². The summed E-state index contributed by atoms with van der Waals surface area (Å²) in [5.74, 6) is -0.769. The molecule has 0 aromatic carbocycles. The molecule has 1 saturated carbocycles. The zero-order valence-corrected chi connectivity index (χ0v) is 12.3. The van der Waals surface area contributed by atoms with E-state index in [0.717, 1.165) is 30.6 Å². The zero-order valence-electron chi connectivity index (χ0n) is 10.7. The summed E-state index contributed by atoms with van der Waals surface area (Å²) >= 11 is 0.946. The normalized spacial score (nSPS) is 16.5. The van der Waals surface area contributed by atoms with Gasteiger partial charge in [0.05, 0.1) is 0 Å². The lowest BCUT2D eigenvalue weighted by atomic mass is 9.85. The summed E-state index contributed by atoms with van der Waals surface area (Å²) in [6, 6.07) is 1.38. The van der Waals surface area contributed by atoms with Crippen molar-refractivity contribution in [2.75, 3.05) is 13.1 Å². The third-order valence-electron chi connectivity index (χ3n) is 3.48.